The van der Waals surface area contributed by atoms with Gasteiger partial charge in [0.25, 0.3) is 5.56 Å². The van der Waals surface area contributed by atoms with Gasteiger partial charge in [0.1, 0.15) is 5.75 Å². The number of aliphatic hydroxyl groups excluding tert-OH is 1. The van der Waals surface area contributed by atoms with Gasteiger partial charge in [0.15, 0.2) is 0 Å². The van der Waals surface area contributed by atoms with Gasteiger partial charge in [-0.25, -0.2) is 0 Å². The van der Waals surface area contributed by atoms with Crippen LogP contribution in [0.2, 0.25) is 0 Å². The molecule has 29 heavy (non-hydrogen) atoms. The van der Waals surface area contributed by atoms with Crippen LogP contribution in [0.25, 0.3) is 10.9 Å². The van der Waals surface area contributed by atoms with Crippen molar-refractivity contribution < 1.29 is 9.84 Å². The Bertz CT molecular complexity index is 1170. The number of anilines is 2. The van der Waals surface area contributed by atoms with Gasteiger partial charge in [-0.1, -0.05) is 17.7 Å². The van der Waals surface area contributed by atoms with Crippen LogP contribution >= 0.6 is 0 Å². The molecule has 0 atom stereocenters. The number of fused-ring (bicyclic) bond motifs is 1. The first kappa shape index (κ1) is 18.6. The number of aliphatic hydroxyl groups is 1. The third-order valence-electron chi connectivity index (χ3n) is 4.52. The molecular weight excluding hydrogens is 368 g/mol. The lowest BCUT2D eigenvalue weighted by Crippen LogP contribution is -2.20. The highest BCUT2D eigenvalue weighted by Crippen LogP contribution is 2.28. The first-order chi connectivity index (χ1) is 14.1. The molecule has 0 aliphatic rings. The van der Waals surface area contributed by atoms with Gasteiger partial charge in [0.2, 0.25) is 0 Å². The van der Waals surface area contributed by atoms with Crippen molar-refractivity contribution in [1.29, 1.82) is 0 Å². The number of rotatable bonds is 6. The quantitative estimate of drug-likeness (QED) is 0.525. The molecule has 0 radical (unpaired) electrons. The third-order valence-corrected chi connectivity index (χ3v) is 4.52. The normalized spacial score (nSPS) is 10.8. The topological polar surface area (TPSA) is 91.3 Å². The first-order valence-corrected chi connectivity index (χ1v) is 9.21. The van der Waals surface area contributed by atoms with E-state index in [1.165, 1.54) is 11.8 Å². The maximum absolute atomic E-state index is 12.2. The second-order valence-electron chi connectivity index (χ2n) is 6.57. The number of ether oxygens (including phenoxy) is 1. The molecule has 2 aromatic carbocycles. The average molecular weight is 388 g/mol. The maximum atomic E-state index is 12.2. The van der Waals surface area contributed by atoms with Crippen molar-refractivity contribution in [3.63, 3.8) is 0 Å². The standard InChI is InChI=1S/C22H20N4O3/c1-15-2-4-16(5-3-15)26(12-13-27)17-6-8-18(9-7-17)29-22-24-20-14-23-11-10-19(20)21(28)25-22/h2-11,14,27H,12-13H2,1H3,(H,24,25,28). The Kier molecular flexibility index (Phi) is 5.22. The molecule has 0 aliphatic heterocycles. The predicted octanol–water partition coefficient (Wildman–Crippen LogP) is 3.55. The number of aromatic nitrogens is 3. The number of H-pyrrole nitrogens is 1. The fourth-order valence-corrected chi connectivity index (χ4v) is 3.06. The van der Waals surface area contributed by atoms with E-state index in [9.17, 15) is 9.90 Å². The summed E-state index contributed by atoms with van der Waals surface area (Å²) in [7, 11) is 0. The molecule has 0 fully saturated rings. The molecule has 7 nitrogen and oxygen atoms in total. The molecule has 0 saturated heterocycles. The second kappa shape index (κ2) is 8.12. The van der Waals surface area contributed by atoms with Gasteiger partial charge < -0.3 is 14.7 Å². The molecule has 0 spiro atoms. The summed E-state index contributed by atoms with van der Waals surface area (Å²) in [4.78, 5) is 25.1. The number of benzene rings is 2. The smallest absolute Gasteiger partial charge is 0.302 e. The zero-order chi connectivity index (χ0) is 20.2. The minimum atomic E-state index is -0.280. The number of nitrogens with zero attached hydrogens (tertiary/aromatic N) is 3. The van der Waals surface area contributed by atoms with Gasteiger partial charge >= 0.3 is 6.01 Å². The van der Waals surface area contributed by atoms with E-state index in [-0.39, 0.29) is 18.2 Å². The average Bonchev–Trinajstić information content (AvgIpc) is 2.74. The molecule has 0 saturated carbocycles. The van der Waals surface area contributed by atoms with Crippen molar-refractivity contribution in [3.8, 4) is 11.8 Å². The number of hydrogen-bond donors (Lipinski definition) is 2. The van der Waals surface area contributed by atoms with Gasteiger partial charge in [-0.2, -0.15) is 4.98 Å². The van der Waals surface area contributed by atoms with E-state index in [4.69, 9.17) is 4.74 Å². The summed E-state index contributed by atoms with van der Waals surface area (Å²) in [5, 5.41) is 9.92. The lowest BCUT2D eigenvalue weighted by molar-refractivity contribution is 0.305. The van der Waals surface area contributed by atoms with Crippen LogP contribution in [0, 0.1) is 6.92 Å². The summed E-state index contributed by atoms with van der Waals surface area (Å²) >= 11 is 0. The highest BCUT2D eigenvalue weighted by atomic mass is 16.5. The van der Waals surface area contributed by atoms with Crippen LogP contribution in [-0.2, 0) is 0 Å². The van der Waals surface area contributed by atoms with Gasteiger partial charge in [0, 0.05) is 24.1 Å². The molecule has 0 unspecified atom stereocenters. The molecule has 146 valence electrons. The summed E-state index contributed by atoms with van der Waals surface area (Å²) in [6.07, 6.45) is 3.07. The zero-order valence-electron chi connectivity index (χ0n) is 15.9. The molecule has 0 aliphatic carbocycles. The molecule has 0 amide bonds. The number of aryl methyl sites for hydroxylation is 1. The first-order valence-electron chi connectivity index (χ1n) is 9.21. The van der Waals surface area contributed by atoms with Crippen LogP contribution in [0.3, 0.4) is 0 Å². The van der Waals surface area contributed by atoms with Crippen molar-refractivity contribution in [2.45, 2.75) is 6.92 Å². The van der Waals surface area contributed by atoms with Crippen LogP contribution in [0.5, 0.6) is 11.8 Å². The Morgan fingerprint density at radius 2 is 1.72 bits per heavy atom. The largest absolute Gasteiger partial charge is 0.426 e. The van der Waals surface area contributed by atoms with E-state index in [1.54, 1.807) is 24.4 Å². The SMILES string of the molecule is Cc1ccc(N(CCO)c2ccc(Oc3nc4cnccc4c(=O)[nH]3)cc2)cc1. The van der Waals surface area contributed by atoms with Crippen LogP contribution in [-0.4, -0.2) is 33.2 Å². The molecular formula is C22H20N4O3. The van der Waals surface area contributed by atoms with Gasteiger partial charge in [-0.15, -0.1) is 0 Å². The predicted molar refractivity (Wildman–Crippen MR) is 112 cm³/mol. The minimum absolute atomic E-state index is 0.0302. The number of pyridine rings is 1. The fraction of sp³-hybridized carbons (Fsp3) is 0.136. The molecule has 2 aromatic heterocycles. The monoisotopic (exact) mass is 388 g/mol. The van der Waals surface area contributed by atoms with Crippen molar-refractivity contribution in [1.82, 2.24) is 15.0 Å². The van der Waals surface area contributed by atoms with Crippen molar-refractivity contribution in [2.24, 2.45) is 0 Å². The van der Waals surface area contributed by atoms with Gasteiger partial charge in [-0.3, -0.25) is 14.8 Å². The Balaban J connectivity index is 1.58. The molecule has 0 bridgehead atoms. The van der Waals surface area contributed by atoms with E-state index in [1.807, 2.05) is 48.2 Å². The van der Waals surface area contributed by atoms with E-state index < -0.39 is 0 Å². The second-order valence-corrected chi connectivity index (χ2v) is 6.57. The Labute approximate surface area is 167 Å². The lowest BCUT2D eigenvalue weighted by atomic mass is 10.2. The highest BCUT2D eigenvalue weighted by molar-refractivity contribution is 5.76. The van der Waals surface area contributed by atoms with E-state index in [0.29, 0.717) is 23.2 Å². The molecule has 4 aromatic rings. The van der Waals surface area contributed by atoms with E-state index in [0.717, 1.165) is 11.4 Å². The highest BCUT2D eigenvalue weighted by Gasteiger charge is 2.10. The summed E-state index contributed by atoms with van der Waals surface area (Å²) in [6.45, 7) is 2.53. The Hall–Kier alpha value is -3.71. The van der Waals surface area contributed by atoms with Gasteiger partial charge in [0.05, 0.1) is 23.7 Å². The van der Waals surface area contributed by atoms with Crippen LogP contribution in [0.15, 0.2) is 71.8 Å². The van der Waals surface area contributed by atoms with Crippen LogP contribution in [0.1, 0.15) is 5.56 Å². The van der Waals surface area contributed by atoms with Gasteiger partial charge in [-0.05, 0) is 49.4 Å². The van der Waals surface area contributed by atoms with Crippen molar-refractivity contribution in [3.05, 3.63) is 82.9 Å². The Morgan fingerprint density at radius 1 is 1.03 bits per heavy atom. The van der Waals surface area contributed by atoms with E-state index in [2.05, 4.69) is 15.0 Å². The summed E-state index contributed by atoms with van der Waals surface area (Å²) in [5.74, 6) is 0.535. The zero-order valence-corrected chi connectivity index (χ0v) is 15.9. The molecule has 2 heterocycles. The summed E-state index contributed by atoms with van der Waals surface area (Å²) < 4.78 is 5.72. The van der Waals surface area contributed by atoms with Crippen LogP contribution < -0.4 is 15.2 Å². The number of aromatic amines is 1. The lowest BCUT2D eigenvalue weighted by Gasteiger charge is -2.24. The molecule has 2 N–H and O–H groups in total. The van der Waals surface area contributed by atoms with E-state index >= 15 is 0 Å². The summed E-state index contributed by atoms with van der Waals surface area (Å²) in [6, 6.07) is 17.2. The molecule has 7 heteroatoms. The Morgan fingerprint density at radius 3 is 2.41 bits per heavy atom. The third kappa shape index (κ3) is 4.09. The van der Waals surface area contributed by atoms with Crippen LogP contribution in [0.4, 0.5) is 11.4 Å². The number of hydrogen-bond acceptors (Lipinski definition) is 6. The minimum Gasteiger partial charge on any atom is -0.426 e. The molecule has 4 rings (SSSR count). The fourth-order valence-electron chi connectivity index (χ4n) is 3.06. The number of nitrogens with one attached hydrogen (secondary N) is 1. The van der Waals surface area contributed by atoms with Crippen molar-refractivity contribution in [2.75, 3.05) is 18.1 Å². The summed E-state index contributed by atoms with van der Waals surface area (Å²) in [5.41, 5.74) is 3.27. The maximum Gasteiger partial charge on any atom is 0.302 e. The van der Waals surface area contributed by atoms with Crippen molar-refractivity contribution >= 4 is 22.3 Å².